The van der Waals surface area contributed by atoms with Gasteiger partial charge in [0.15, 0.2) is 11.6 Å². The van der Waals surface area contributed by atoms with E-state index >= 15 is 0 Å². The highest BCUT2D eigenvalue weighted by molar-refractivity contribution is 5.30. The van der Waals surface area contributed by atoms with Gasteiger partial charge in [0.25, 0.3) is 0 Å². The highest BCUT2D eigenvalue weighted by Gasteiger charge is 2.29. The standard InChI is InChI=1S/C13H18FNO/c1-16-12-5-4-10(8-11(12)14)9-13(15)6-2-3-7-13/h4-5,8H,2-3,6-7,9,15H2,1H3. The average molecular weight is 223 g/mol. The van der Waals surface area contributed by atoms with Crippen LogP contribution in [0.3, 0.4) is 0 Å². The topological polar surface area (TPSA) is 35.2 Å². The second kappa shape index (κ2) is 4.42. The van der Waals surface area contributed by atoms with Crippen LogP contribution in [0.4, 0.5) is 4.39 Å². The van der Waals surface area contributed by atoms with Crippen molar-refractivity contribution in [2.75, 3.05) is 7.11 Å². The second-order valence-electron chi connectivity index (χ2n) is 4.72. The van der Waals surface area contributed by atoms with Gasteiger partial charge in [0.1, 0.15) is 0 Å². The van der Waals surface area contributed by atoms with Crippen molar-refractivity contribution in [1.29, 1.82) is 0 Å². The van der Waals surface area contributed by atoms with E-state index in [1.165, 1.54) is 26.0 Å². The lowest BCUT2D eigenvalue weighted by Crippen LogP contribution is -2.38. The minimum atomic E-state index is -0.304. The molecule has 1 saturated carbocycles. The van der Waals surface area contributed by atoms with Crippen LogP contribution in [0.5, 0.6) is 5.75 Å². The molecule has 2 N–H and O–H groups in total. The molecular formula is C13H18FNO. The van der Waals surface area contributed by atoms with Gasteiger partial charge in [-0.15, -0.1) is 0 Å². The van der Waals surface area contributed by atoms with Crippen molar-refractivity contribution >= 4 is 0 Å². The molecule has 2 nitrogen and oxygen atoms in total. The summed E-state index contributed by atoms with van der Waals surface area (Å²) in [6.45, 7) is 0. The van der Waals surface area contributed by atoms with E-state index in [1.807, 2.05) is 6.07 Å². The van der Waals surface area contributed by atoms with Gasteiger partial charge in [0.05, 0.1) is 7.11 Å². The third-order valence-corrected chi connectivity index (χ3v) is 3.37. The minimum Gasteiger partial charge on any atom is -0.494 e. The van der Waals surface area contributed by atoms with E-state index in [0.717, 1.165) is 24.8 Å². The van der Waals surface area contributed by atoms with Gasteiger partial charge in [-0.05, 0) is 37.0 Å². The van der Waals surface area contributed by atoms with Gasteiger partial charge in [0, 0.05) is 5.54 Å². The first-order valence-corrected chi connectivity index (χ1v) is 5.74. The monoisotopic (exact) mass is 223 g/mol. The number of ether oxygens (including phenoxy) is 1. The summed E-state index contributed by atoms with van der Waals surface area (Å²) in [5.41, 5.74) is 7.09. The van der Waals surface area contributed by atoms with Crippen molar-refractivity contribution in [3.63, 3.8) is 0 Å². The predicted molar refractivity (Wildman–Crippen MR) is 62.0 cm³/mol. The lowest BCUT2D eigenvalue weighted by atomic mass is 9.90. The highest BCUT2D eigenvalue weighted by Crippen LogP contribution is 2.31. The van der Waals surface area contributed by atoms with Crippen LogP contribution in [-0.2, 0) is 6.42 Å². The van der Waals surface area contributed by atoms with Crippen LogP contribution in [0, 0.1) is 5.82 Å². The number of hydrogen-bond acceptors (Lipinski definition) is 2. The van der Waals surface area contributed by atoms with Crippen LogP contribution in [-0.4, -0.2) is 12.6 Å². The molecule has 2 rings (SSSR count). The van der Waals surface area contributed by atoms with Gasteiger partial charge >= 0.3 is 0 Å². The summed E-state index contributed by atoms with van der Waals surface area (Å²) in [5.74, 6) is -0.0113. The first-order valence-electron chi connectivity index (χ1n) is 5.74. The summed E-state index contributed by atoms with van der Waals surface area (Å²) in [7, 11) is 1.47. The van der Waals surface area contributed by atoms with E-state index in [1.54, 1.807) is 6.07 Å². The molecule has 1 aliphatic carbocycles. The Balaban J connectivity index is 2.13. The number of halogens is 1. The van der Waals surface area contributed by atoms with Gasteiger partial charge in [0.2, 0.25) is 0 Å². The maximum atomic E-state index is 13.5. The van der Waals surface area contributed by atoms with E-state index in [0.29, 0.717) is 5.75 Å². The molecule has 0 amide bonds. The molecule has 0 heterocycles. The average Bonchev–Trinajstić information content (AvgIpc) is 2.65. The van der Waals surface area contributed by atoms with Crippen LogP contribution < -0.4 is 10.5 Å². The molecule has 1 aliphatic rings. The van der Waals surface area contributed by atoms with E-state index in [9.17, 15) is 4.39 Å². The molecule has 0 spiro atoms. The molecule has 1 fully saturated rings. The van der Waals surface area contributed by atoms with E-state index in [-0.39, 0.29) is 11.4 Å². The van der Waals surface area contributed by atoms with Crippen molar-refractivity contribution in [2.24, 2.45) is 5.73 Å². The SMILES string of the molecule is COc1ccc(CC2(N)CCCC2)cc1F. The molecule has 0 unspecified atom stereocenters. The zero-order valence-corrected chi connectivity index (χ0v) is 9.63. The first kappa shape index (κ1) is 11.4. The largest absolute Gasteiger partial charge is 0.494 e. The Morgan fingerprint density at radius 1 is 1.38 bits per heavy atom. The second-order valence-corrected chi connectivity index (χ2v) is 4.72. The lowest BCUT2D eigenvalue weighted by Gasteiger charge is -2.23. The van der Waals surface area contributed by atoms with Gasteiger partial charge < -0.3 is 10.5 Å². The van der Waals surface area contributed by atoms with Crippen molar-refractivity contribution in [1.82, 2.24) is 0 Å². The van der Waals surface area contributed by atoms with Gasteiger partial charge in [-0.3, -0.25) is 0 Å². The molecule has 0 atom stereocenters. The smallest absolute Gasteiger partial charge is 0.165 e. The fraction of sp³-hybridized carbons (Fsp3) is 0.538. The molecule has 16 heavy (non-hydrogen) atoms. The van der Waals surface area contributed by atoms with Gasteiger partial charge in [-0.25, -0.2) is 4.39 Å². The van der Waals surface area contributed by atoms with Crippen molar-refractivity contribution in [2.45, 2.75) is 37.6 Å². The van der Waals surface area contributed by atoms with Crippen LogP contribution in [0.1, 0.15) is 31.2 Å². The third-order valence-electron chi connectivity index (χ3n) is 3.37. The quantitative estimate of drug-likeness (QED) is 0.855. The Labute approximate surface area is 95.6 Å². The number of nitrogens with two attached hydrogens (primary N) is 1. The summed E-state index contributed by atoms with van der Waals surface area (Å²) in [6.07, 6.45) is 5.22. The molecule has 0 saturated heterocycles. The number of hydrogen-bond donors (Lipinski definition) is 1. The summed E-state index contributed by atoms with van der Waals surface area (Å²) in [5, 5.41) is 0. The Morgan fingerprint density at radius 2 is 2.06 bits per heavy atom. The van der Waals surface area contributed by atoms with Gasteiger partial charge in [-0.1, -0.05) is 18.9 Å². The predicted octanol–water partition coefficient (Wildman–Crippen LogP) is 2.65. The van der Waals surface area contributed by atoms with Gasteiger partial charge in [-0.2, -0.15) is 0 Å². The molecular weight excluding hydrogens is 205 g/mol. The molecule has 3 heteroatoms. The molecule has 0 aromatic heterocycles. The fourth-order valence-electron chi connectivity index (χ4n) is 2.48. The normalized spacial score (nSPS) is 18.7. The lowest BCUT2D eigenvalue weighted by molar-refractivity contribution is 0.384. The zero-order valence-electron chi connectivity index (χ0n) is 9.63. The number of rotatable bonds is 3. The Bertz CT molecular complexity index is 372. The van der Waals surface area contributed by atoms with E-state index < -0.39 is 0 Å². The molecule has 0 radical (unpaired) electrons. The summed E-state index contributed by atoms with van der Waals surface area (Å²) >= 11 is 0. The molecule has 0 aliphatic heterocycles. The number of benzene rings is 1. The third kappa shape index (κ3) is 2.35. The minimum absolute atomic E-state index is 0.124. The highest BCUT2D eigenvalue weighted by atomic mass is 19.1. The Morgan fingerprint density at radius 3 is 2.62 bits per heavy atom. The van der Waals surface area contributed by atoms with Crippen molar-refractivity contribution in [3.8, 4) is 5.75 Å². The maximum Gasteiger partial charge on any atom is 0.165 e. The molecule has 88 valence electrons. The molecule has 1 aromatic carbocycles. The first-order chi connectivity index (χ1) is 7.63. The van der Waals surface area contributed by atoms with Crippen molar-refractivity contribution in [3.05, 3.63) is 29.6 Å². The van der Waals surface area contributed by atoms with E-state index in [2.05, 4.69) is 0 Å². The van der Waals surface area contributed by atoms with Crippen LogP contribution >= 0.6 is 0 Å². The summed E-state index contributed by atoms with van der Waals surface area (Å²) in [4.78, 5) is 0. The van der Waals surface area contributed by atoms with Crippen molar-refractivity contribution < 1.29 is 9.13 Å². The van der Waals surface area contributed by atoms with E-state index in [4.69, 9.17) is 10.5 Å². The zero-order chi connectivity index (χ0) is 11.6. The summed E-state index contributed by atoms with van der Waals surface area (Å²) < 4.78 is 18.4. The molecule has 0 bridgehead atoms. The fourth-order valence-corrected chi connectivity index (χ4v) is 2.48. The van der Waals surface area contributed by atoms with Crippen LogP contribution in [0.15, 0.2) is 18.2 Å². The Kier molecular flexibility index (Phi) is 3.15. The number of methoxy groups -OCH3 is 1. The Hall–Kier alpha value is -1.09. The summed E-state index contributed by atoms with van der Waals surface area (Å²) in [6, 6.07) is 5.10. The maximum absolute atomic E-state index is 13.5. The van der Waals surface area contributed by atoms with Crippen LogP contribution in [0.2, 0.25) is 0 Å². The van der Waals surface area contributed by atoms with Crippen LogP contribution in [0.25, 0.3) is 0 Å². The molecule has 1 aromatic rings.